The highest BCUT2D eigenvalue weighted by atomic mass is 16.5. The van der Waals surface area contributed by atoms with Crippen LogP contribution in [0.25, 0.3) is 0 Å². The zero-order valence-electron chi connectivity index (χ0n) is 16.7. The van der Waals surface area contributed by atoms with Crippen molar-refractivity contribution in [3.05, 3.63) is 89.4 Å². The number of amides is 1. The van der Waals surface area contributed by atoms with Crippen LogP contribution in [-0.4, -0.2) is 17.4 Å². The maximum absolute atomic E-state index is 13.0. The van der Waals surface area contributed by atoms with E-state index in [1.54, 1.807) is 11.2 Å². The topological polar surface area (TPSA) is 42.7 Å². The number of ether oxygens (including phenoxy) is 1. The highest BCUT2D eigenvalue weighted by Crippen LogP contribution is 2.27. The first-order valence-corrected chi connectivity index (χ1v) is 9.60. The Hall–Kier alpha value is -3.01. The summed E-state index contributed by atoms with van der Waals surface area (Å²) in [4.78, 5) is 14.7. The number of furan rings is 1. The van der Waals surface area contributed by atoms with Gasteiger partial charge < -0.3 is 14.1 Å². The fourth-order valence-electron chi connectivity index (χ4n) is 3.10. The van der Waals surface area contributed by atoms with Crippen molar-refractivity contribution in [1.82, 2.24) is 4.90 Å². The van der Waals surface area contributed by atoms with Crippen molar-refractivity contribution < 1.29 is 13.9 Å². The minimum atomic E-state index is -0.0727. The highest BCUT2D eigenvalue weighted by Gasteiger charge is 2.18. The van der Waals surface area contributed by atoms with E-state index in [4.69, 9.17) is 9.15 Å². The second kappa shape index (κ2) is 9.27. The molecule has 0 saturated heterocycles. The van der Waals surface area contributed by atoms with Gasteiger partial charge in [0.2, 0.25) is 0 Å². The van der Waals surface area contributed by atoms with Crippen LogP contribution >= 0.6 is 0 Å². The lowest BCUT2D eigenvalue weighted by molar-refractivity contribution is -0.134. The summed E-state index contributed by atoms with van der Waals surface area (Å²) in [6.07, 6.45) is 1.62. The number of nitrogens with zero attached hydrogens (tertiary/aromatic N) is 1. The Morgan fingerprint density at radius 3 is 2.50 bits per heavy atom. The Kier molecular flexibility index (Phi) is 6.53. The van der Waals surface area contributed by atoms with E-state index in [1.165, 1.54) is 0 Å². The molecule has 1 heterocycles. The SMILES string of the molecule is Cc1ccc(C(C)C)c(OCC(=O)N(Cc2ccccc2)Cc2ccco2)c1. The largest absolute Gasteiger partial charge is 0.483 e. The van der Waals surface area contributed by atoms with E-state index < -0.39 is 0 Å². The van der Waals surface area contributed by atoms with E-state index >= 15 is 0 Å². The molecule has 3 rings (SSSR count). The lowest BCUT2D eigenvalue weighted by atomic mass is 10.0. The van der Waals surface area contributed by atoms with Gasteiger partial charge in [0, 0.05) is 6.54 Å². The van der Waals surface area contributed by atoms with Gasteiger partial charge in [-0.1, -0.05) is 56.3 Å². The molecule has 1 amide bonds. The molecule has 0 radical (unpaired) electrons. The third-order valence-electron chi connectivity index (χ3n) is 4.64. The first-order valence-electron chi connectivity index (χ1n) is 9.60. The fourth-order valence-corrected chi connectivity index (χ4v) is 3.10. The van der Waals surface area contributed by atoms with Gasteiger partial charge in [0.05, 0.1) is 12.8 Å². The molecule has 3 aromatic rings. The van der Waals surface area contributed by atoms with Gasteiger partial charge in [-0.05, 0) is 47.7 Å². The predicted octanol–water partition coefficient (Wildman–Crippen LogP) is 5.32. The standard InChI is InChI=1S/C24H27NO3/c1-18(2)22-12-11-19(3)14-23(22)28-17-24(26)25(16-21-10-7-13-27-21)15-20-8-5-4-6-9-20/h4-14,18H,15-17H2,1-3H3. The Balaban J connectivity index is 1.73. The van der Waals surface area contributed by atoms with Crippen LogP contribution in [0.15, 0.2) is 71.3 Å². The van der Waals surface area contributed by atoms with Crippen LogP contribution < -0.4 is 4.74 Å². The van der Waals surface area contributed by atoms with Crippen molar-refractivity contribution in [2.45, 2.75) is 39.8 Å². The quantitative estimate of drug-likeness (QED) is 0.534. The van der Waals surface area contributed by atoms with E-state index in [9.17, 15) is 4.79 Å². The van der Waals surface area contributed by atoms with Gasteiger partial charge in [-0.25, -0.2) is 0 Å². The van der Waals surface area contributed by atoms with Crippen LogP contribution in [0, 0.1) is 6.92 Å². The van der Waals surface area contributed by atoms with Crippen LogP contribution in [0.3, 0.4) is 0 Å². The molecular weight excluding hydrogens is 350 g/mol. The van der Waals surface area contributed by atoms with E-state index in [0.717, 1.165) is 28.2 Å². The number of aryl methyl sites for hydroxylation is 1. The lowest BCUT2D eigenvalue weighted by Gasteiger charge is -2.23. The van der Waals surface area contributed by atoms with Crippen molar-refractivity contribution in [2.75, 3.05) is 6.61 Å². The fraction of sp³-hybridized carbons (Fsp3) is 0.292. The summed E-state index contributed by atoms with van der Waals surface area (Å²) in [6, 6.07) is 19.8. The molecule has 0 saturated carbocycles. The molecule has 4 nitrogen and oxygen atoms in total. The average molecular weight is 377 g/mol. The maximum Gasteiger partial charge on any atom is 0.261 e. The van der Waals surface area contributed by atoms with Crippen molar-refractivity contribution in [2.24, 2.45) is 0 Å². The molecule has 0 aliphatic carbocycles. The molecule has 0 N–H and O–H groups in total. The number of carbonyl (C=O) groups is 1. The molecule has 4 heteroatoms. The molecule has 0 aliphatic heterocycles. The van der Waals surface area contributed by atoms with Crippen LogP contribution in [0.4, 0.5) is 0 Å². The van der Waals surface area contributed by atoms with Crippen molar-refractivity contribution in [1.29, 1.82) is 0 Å². The van der Waals surface area contributed by atoms with Crippen LogP contribution in [-0.2, 0) is 17.9 Å². The minimum absolute atomic E-state index is 0.00326. The molecule has 0 unspecified atom stereocenters. The zero-order valence-corrected chi connectivity index (χ0v) is 16.7. The molecule has 2 aromatic carbocycles. The molecule has 1 aromatic heterocycles. The van der Waals surface area contributed by atoms with Gasteiger partial charge in [-0.3, -0.25) is 4.79 Å². The van der Waals surface area contributed by atoms with Gasteiger partial charge in [0.1, 0.15) is 11.5 Å². The molecule has 0 bridgehead atoms. The molecule has 146 valence electrons. The summed E-state index contributed by atoms with van der Waals surface area (Å²) in [7, 11) is 0. The van der Waals surface area contributed by atoms with E-state index in [2.05, 4.69) is 26.0 Å². The molecule has 0 atom stereocenters. The minimum Gasteiger partial charge on any atom is -0.483 e. The van der Waals surface area contributed by atoms with Crippen LogP contribution in [0.5, 0.6) is 5.75 Å². The summed E-state index contributed by atoms with van der Waals surface area (Å²) in [5.41, 5.74) is 3.29. The Bertz CT molecular complexity index is 885. The summed E-state index contributed by atoms with van der Waals surface area (Å²) < 4.78 is 11.4. The highest BCUT2D eigenvalue weighted by molar-refractivity contribution is 5.77. The molecule has 0 fully saturated rings. The van der Waals surface area contributed by atoms with Crippen molar-refractivity contribution >= 4 is 5.91 Å². The summed E-state index contributed by atoms with van der Waals surface area (Å²) in [6.45, 7) is 7.19. The van der Waals surface area contributed by atoms with Gasteiger partial charge in [-0.15, -0.1) is 0 Å². The zero-order chi connectivity index (χ0) is 19.9. The van der Waals surface area contributed by atoms with Crippen molar-refractivity contribution in [3.8, 4) is 5.75 Å². The Labute approximate surface area is 166 Å². The number of carbonyl (C=O) groups excluding carboxylic acids is 1. The molecular formula is C24H27NO3. The van der Waals surface area contributed by atoms with Gasteiger partial charge >= 0.3 is 0 Å². The monoisotopic (exact) mass is 377 g/mol. The normalized spacial score (nSPS) is 10.9. The summed E-state index contributed by atoms with van der Waals surface area (Å²) in [5, 5.41) is 0. The number of benzene rings is 2. The predicted molar refractivity (Wildman–Crippen MR) is 110 cm³/mol. The van der Waals surface area contributed by atoms with Crippen molar-refractivity contribution in [3.63, 3.8) is 0 Å². The van der Waals surface area contributed by atoms with Crippen LogP contribution in [0.2, 0.25) is 0 Å². The summed E-state index contributed by atoms with van der Waals surface area (Å²) >= 11 is 0. The second-order valence-corrected chi connectivity index (χ2v) is 7.30. The smallest absolute Gasteiger partial charge is 0.261 e. The van der Waals surface area contributed by atoms with E-state index in [1.807, 2.05) is 55.5 Å². The molecule has 28 heavy (non-hydrogen) atoms. The average Bonchev–Trinajstić information content (AvgIpc) is 3.19. The maximum atomic E-state index is 13.0. The van der Waals surface area contributed by atoms with E-state index in [0.29, 0.717) is 19.0 Å². The number of rotatable bonds is 8. The first kappa shape index (κ1) is 19.7. The first-order chi connectivity index (χ1) is 13.5. The Morgan fingerprint density at radius 1 is 1.04 bits per heavy atom. The second-order valence-electron chi connectivity index (χ2n) is 7.30. The Morgan fingerprint density at radius 2 is 1.82 bits per heavy atom. The summed E-state index contributed by atoms with van der Waals surface area (Å²) in [5.74, 6) is 1.79. The molecule has 0 aliphatic rings. The van der Waals surface area contributed by atoms with Crippen LogP contribution in [0.1, 0.15) is 42.2 Å². The number of hydrogen-bond acceptors (Lipinski definition) is 3. The lowest BCUT2D eigenvalue weighted by Crippen LogP contribution is -2.34. The van der Waals surface area contributed by atoms with Gasteiger partial charge in [-0.2, -0.15) is 0 Å². The van der Waals surface area contributed by atoms with Gasteiger partial charge in [0.25, 0.3) is 5.91 Å². The van der Waals surface area contributed by atoms with E-state index in [-0.39, 0.29) is 12.5 Å². The number of hydrogen-bond donors (Lipinski definition) is 0. The third-order valence-corrected chi connectivity index (χ3v) is 4.64. The van der Waals surface area contributed by atoms with Gasteiger partial charge in [0.15, 0.2) is 6.61 Å². The molecule has 0 spiro atoms. The third kappa shape index (κ3) is 5.26.